The number of amides is 1. The van der Waals surface area contributed by atoms with Crippen LogP contribution in [0.3, 0.4) is 0 Å². The van der Waals surface area contributed by atoms with Crippen molar-refractivity contribution in [2.75, 3.05) is 19.6 Å². The van der Waals surface area contributed by atoms with Crippen molar-refractivity contribution in [2.24, 2.45) is 5.92 Å². The molecule has 2 aromatic rings. The van der Waals surface area contributed by atoms with E-state index in [1.54, 1.807) is 36.4 Å². The molecule has 33 heavy (non-hydrogen) atoms. The van der Waals surface area contributed by atoms with Crippen LogP contribution in [-0.4, -0.2) is 42.8 Å². The van der Waals surface area contributed by atoms with Gasteiger partial charge in [-0.05, 0) is 68.9 Å². The van der Waals surface area contributed by atoms with E-state index in [1.807, 2.05) is 26.0 Å². The molecule has 8 heteroatoms. The lowest BCUT2D eigenvalue weighted by Gasteiger charge is -2.31. The number of sulfonamides is 1. The molecule has 0 saturated carbocycles. The SMILES string of the molecule is CCCn1c(C)cc(/C=C(/C#N)C(=O)NCC2CCN(S(=O)(=O)c3ccccc3)CC2)c1C. The molecule has 1 aromatic heterocycles. The maximum absolute atomic E-state index is 12.8. The number of hydrogen-bond acceptors (Lipinski definition) is 4. The lowest BCUT2D eigenvalue weighted by Crippen LogP contribution is -2.41. The van der Waals surface area contributed by atoms with Crippen molar-refractivity contribution in [1.82, 2.24) is 14.2 Å². The van der Waals surface area contributed by atoms with E-state index in [2.05, 4.69) is 16.8 Å². The number of aryl methyl sites for hydroxylation is 1. The third kappa shape index (κ3) is 5.73. The van der Waals surface area contributed by atoms with Crippen LogP contribution in [0.1, 0.15) is 43.1 Å². The molecule has 0 atom stereocenters. The summed E-state index contributed by atoms with van der Waals surface area (Å²) in [5.41, 5.74) is 3.11. The van der Waals surface area contributed by atoms with Gasteiger partial charge in [0.15, 0.2) is 0 Å². The number of aromatic nitrogens is 1. The lowest BCUT2D eigenvalue weighted by molar-refractivity contribution is -0.117. The summed E-state index contributed by atoms with van der Waals surface area (Å²) in [5, 5.41) is 12.4. The molecule has 1 amide bonds. The van der Waals surface area contributed by atoms with Crippen LogP contribution in [0.4, 0.5) is 0 Å². The molecular formula is C25H32N4O3S. The number of nitrogens with one attached hydrogen (secondary N) is 1. The largest absolute Gasteiger partial charge is 0.351 e. The lowest BCUT2D eigenvalue weighted by atomic mass is 9.98. The van der Waals surface area contributed by atoms with Crippen LogP contribution < -0.4 is 5.32 Å². The summed E-state index contributed by atoms with van der Waals surface area (Å²) in [7, 11) is -3.49. The molecule has 1 N–H and O–H groups in total. The molecule has 1 aliphatic rings. The number of nitrogens with zero attached hydrogens (tertiary/aromatic N) is 3. The molecule has 176 valence electrons. The van der Waals surface area contributed by atoms with Crippen molar-refractivity contribution in [2.45, 2.75) is 51.5 Å². The molecule has 0 radical (unpaired) electrons. The molecule has 7 nitrogen and oxygen atoms in total. The zero-order chi connectivity index (χ0) is 24.0. The van der Waals surface area contributed by atoms with Crippen LogP contribution in [0.15, 0.2) is 46.9 Å². The van der Waals surface area contributed by atoms with Gasteiger partial charge in [-0.2, -0.15) is 9.57 Å². The van der Waals surface area contributed by atoms with Gasteiger partial charge in [-0.1, -0.05) is 25.1 Å². The van der Waals surface area contributed by atoms with Gasteiger partial charge in [0, 0.05) is 37.6 Å². The fraction of sp³-hybridized carbons (Fsp3) is 0.440. The Morgan fingerprint density at radius 1 is 1.21 bits per heavy atom. The first-order valence-electron chi connectivity index (χ1n) is 11.4. The number of benzene rings is 1. The minimum Gasteiger partial charge on any atom is -0.351 e. The van der Waals surface area contributed by atoms with Crippen molar-refractivity contribution in [1.29, 1.82) is 5.26 Å². The van der Waals surface area contributed by atoms with E-state index in [1.165, 1.54) is 4.31 Å². The van der Waals surface area contributed by atoms with Crippen LogP contribution in [0.2, 0.25) is 0 Å². The van der Waals surface area contributed by atoms with E-state index in [4.69, 9.17) is 0 Å². The minimum atomic E-state index is -3.49. The minimum absolute atomic E-state index is 0.0795. The third-order valence-electron chi connectivity index (χ3n) is 6.23. The van der Waals surface area contributed by atoms with Gasteiger partial charge in [0.05, 0.1) is 4.90 Å². The normalized spacial score (nSPS) is 15.9. The Morgan fingerprint density at radius 3 is 2.48 bits per heavy atom. The fourth-order valence-electron chi connectivity index (χ4n) is 4.27. The smallest absolute Gasteiger partial charge is 0.261 e. The Morgan fingerprint density at radius 2 is 1.88 bits per heavy atom. The van der Waals surface area contributed by atoms with Gasteiger partial charge >= 0.3 is 0 Å². The molecule has 1 aliphatic heterocycles. The van der Waals surface area contributed by atoms with Crippen LogP contribution in [0, 0.1) is 31.1 Å². The maximum atomic E-state index is 12.8. The number of hydrogen-bond donors (Lipinski definition) is 1. The van der Waals surface area contributed by atoms with Gasteiger partial charge in [0.1, 0.15) is 11.6 Å². The monoisotopic (exact) mass is 468 g/mol. The second kappa shape index (κ2) is 10.8. The van der Waals surface area contributed by atoms with Gasteiger partial charge in [-0.3, -0.25) is 4.79 Å². The van der Waals surface area contributed by atoms with E-state index in [-0.39, 0.29) is 11.5 Å². The second-order valence-corrected chi connectivity index (χ2v) is 10.5. The summed E-state index contributed by atoms with van der Waals surface area (Å²) in [6.07, 6.45) is 3.99. The molecule has 3 rings (SSSR count). The van der Waals surface area contributed by atoms with Gasteiger partial charge in [0.2, 0.25) is 10.0 Å². The van der Waals surface area contributed by atoms with Crippen molar-refractivity contribution in [3.8, 4) is 6.07 Å². The molecule has 1 aromatic carbocycles. The average Bonchev–Trinajstić information content (AvgIpc) is 3.09. The average molecular weight is 469 g/mol. The van der Waals surface area contributed by atoms with Crippen molar-refractivity contribution >= 4 is 22.0 Å². The van der Waals surface area contributed by atoms with Gasteiger partial charge in [0.25, 0.3) is 5.91 Å². The molecular weight excluding hydrogens is 436 g/mol. The topological polar surface area (TPSA) is 95.2 Å². The number of carbonyl (C=O) groups is 1. The third-order valence-corrected chi connectivity index (χ3v) is 8.14. The summed E-state index contributed by atoms with van der Waals surface area (Å²) in [4.78, 5) is 12.9. The fourth-order valence-corrected chi connectivity index (χ4v) is 5.76. The van der Waals surface area contributed by atoms with Gasteiger partial charge in [-0.15, -0.1) is 0 Å². The van der Waals surface area contributed by atoms with Gasteiger partial charge < -0.3 is 9.88 Å². The zero-order valence-electron chi connectivity index (χ0n) is 19.5. The first kappa shape index (κ1) is 24.7. The molecule has 0 unspecified atom stereocenters. The van der Waals surface area contributed by atoms with Crippen molar-refractivity contribution < 1.29 is 13.2 Å². The summed E-state index contributed by atoms with van der Waals surface area (Å²) in [6.45, 7) is 8.30. The zero-order valence-corrected chi connectivity index (χ0v) is 20.4. The van der Waals surface area contributed by atoms with E-state index < -0.39 is 15.9 Å². The summed E-state index contributed by atoms with van der Waals surface area (Å²) in [5.74, 6) is -0.220. The van der Waals surface area contributed by atoms with Crippen molar-refractivity contribution in [3.63, 3.8) is 0 Å². The standard InChI is InChI=1S/C25H32N4O3S/c1-4-12-29-19(2)15-22(20(29)3)16-23(17-26)25(30)27-18-21-10-13-28(14-11-21)33(31,32)24-8-6-5-7-9-24/h5-9,15-16,21H,4,10-14,18H2,1-3H3,(H,27,30)/b23-16-. The number of rotatable bonds is 8. The Hall–Kier alpha value is -2.89. The highest BCUT2D eigenvalue weighted by Crippen LogP contribution is 2.24. The highest BCUT2D eigenvalue weighted by molar-refractivity contribution is 7.89. The molecule has 1 saturated heterocycles. The molecule has 0 aliphatic carbocycles. The number of piperidine rings is 1. The summed E-state index contributed by atoms with van der Waals surface area (Å²) >= 11 is 0. The number of nitriles is 1. The Labute approximate surface area is 196 Å². The number of carbonyl (C=O) groups excluding carboxylic acids is 1. The van der Waals surface area contributed by atoms with E-state index >= 15 is 0 Å². The first-order valence-corrected chi connectivity index (χ1v) is 12.8. The highest BCUT2D eigenvalue weighted by Gasteiger charge is 2.29. The maximum Gasteiger partial charge on any atom is 0.261 e. The summed E-state index contributed by atoms with van der Waals surface area (Å²) in [6, 6.07) is 12.5. The second-order valence-electron chi connectivity index (χ2n) is 8.52. The Bertz CT molecular complexity index is 1150. The van der Waals surface area contributed by atoms with Crippen LogP contribution in [0.5, 0.6) is 0 Å². The molecule has 2 heterocycles. The summed E-state index contributed by atoms with van der Waals surface area (Å²) < 4.78 is 29.2. The van der Waals surface area contributed by atoms with Crippen LogP contribution >= 0.6 is 0 Å². The Kier molecular flexibility index (Phi) is 8.11. The van der Waals surface area contributed by atoms with Crippen molar-refractivity contribution in [3.05, 3.63) is 58.9 Å². The van der Waals surface area contributed by atoms with E-state index in [9.17, 15) is 18.5 Å². The van der Waals surface area contributed by atoms with Gasteiger partial charge in [-0.25, -0.2) is 8.42 Å². The molecule has 1 fully saturated rings. The van der Waals surface area contributed by atoms with Crippen LogP contribution in [-0.2, 0) is 21.4 Å². The Balaban J connectivity index is 1.57. The highest BCUT2D eigenvalue weighted by atomic mass is 32.2. The van der Waals surface area contributed by atoms with E-state index in [0.717, 1.165) is 29.9 Å². The first-order chi connectivity index (χ1) is 15.8. The van der Waals surface area contributed by atoms with E-state index in [0.29, 0.717) is 37.4 Å². The molecule has 0 spiro atoms. The predicted octanol–water partition coefficient (Wildman–Crippen LogP) is 3.64. The van der Waals surface area contributed by atoms with Crippen LogP contribution in [0.25, 0.3) is 6.08 Å². The predicted molar refractivity (Wildman–Crippen MR) is 129 cm³/mol. The molecule has 0 bridgehead atoms. The quantitative estimate of drug-likeness (QED) is 0.473.